The highest BCUT2D eigenvalue weighted by atomic mass is 79.9. The van der Waals surface area contributed by atoms with Crippen molar-refractivity contribution in [2.45, 2.75) is 0 Å². The molecule has 0 bridgehead atoms. The molecule has 0 amide bonds. The van der Waals surface area contributed by atoms with Gasteiger partial charge in [0.1, 0.15) is 11.6 Å². The van der Waals surface area contributed by atoms with Crippen LogP contribution in [0.15, 0.2) is 65.1 Å². The van der Waals surface area contributed by atoms with Crippen molar-refractivity contribution >= 4 is 37.7 Å². The van der Waals surface area contributed by atoms with Crippen molar-refractivity contribution in [3.05, 3.63) is 76.8 Å². The number of rotatable bonds is 1. The molecule has 0 fully saturated rings. The molecule has 4 rings (SSSR count). The quantitative estimate of drug-likeness (QED) is 0.378. The van der Waals surface area contributed by atoms with E-state index >= 15 is 0 Å². The number of nitrogens with zero attached hydrogens (tertiary/aromatic N) is 1. The summed E-state index contributed by atoms with van der Waals surface area (Å²) in [4.78, 5) is 0. The monoisotopic (exact) mass is 357 g/mol. The minimum absolute atomic E-state index is 0.142. The molecule has 108 valence electrons. The van der Waals surface area contributed by atoms with Gasteiger partial charge in [0.15, 0.2) is 0 Å². The minimum atomic E-state index is -0.614. The molecule has 0 saturated heterocycles. The highest BCUT2D eigenvalue weighted by molar-refractivity contribution is 9.10. The maximum atomic E-state index is 13.9. The van der Waals surface area contributed by atoms with E-state index in [9.17, 15) is 8.78 Å². The Morgan fingerprint density at radius 3 is 1.68 bits per heavy atom. The van der Waals surface area contributed by atoms with Crippen LogP contribution in [-0.2, 0) is 0 Å². The summed E-state index contributed by atoms with van der Waals surface area (Å²) in [7, 11) is 0. The van der Waals surface area contributed by atoms with Gasteiger partial charge in [-0.15, -0.1) is 0 Å². The van der Waals surface area contributed by atoms with Gasteiger partial charge >= 0.3 is 0 Å². The van der Waals surface area contributed by atoms with Crippen LogP contribution in [0.2, 0.25) is 0 Å². The molecule has 0 N–H and O–H groups in total. The zero-order valence-electron chi connectivity index (χ0n) is 11.4. The van der Waals surface area contributed by atoms with Gasteiger partial charge in [0.25, 0.3) is 0 Å². The zero-order chi connectivity index (χ0) is 15.3. The first kappa shape index (κ1) is 13.5. The Labute approximate surface area is 133 Å². The first-order chi connectivity index (χ1) is 10.7. The molecule has 3 aromatic carbocycles. The third-order valence-corrected chi connectivity index (χ3v) is 4.56. The van der Waals surface area contributed by atoms with E-state index in [1.165, 1.54) is 12.1 Å². The smallest absolute Gasteiger partial charge is 0.142 e. The molecule has 22 heavy (non-hydrogen) atoms. The van der Waals surface area contributed by atoms with Crippen molar-refractivity contribution in [1.29, 1.82) is 0 Å². The van der Waals surface area contributed by atoms with Crippen LogP contribution in [0, 0.1) is 11.6 Å². The molecule has 0 aliphatic rings. The average molecular weight is 358 g/mol. The summed E-state index contributed by atoms with van der Waals surface area (Å²) in [6.07, 6.45) is 0. The Bertz CT molecular complexity index is 944. The number of hydrogen-bond donors (Lipinski definition) is 0. The van der Waals surface area contributed by atoms with Crippen molar-refractivity contribution in [3.8, 4) is 5.69 Å². The normalized spacial score (nSPS) is 11.4. The number of para-hydroxylation sites is 2. The second-order valence-electron chi connectivity index (χ2n) is 5.09. The second kappa shape index (κ2) is 4.92. The van der Waals surface area contributed by atoms with Crippen molar-refractivity contribution in [2.75, 3.05) is 0 Å². The van der Waals surface area contributed by atoms with Crippen LogP contribution in [0.4, 0.5) is 8.78 Å². The van der Waals surface area contributed by atoms with Gasteiger partial charge in [0, 0.05) is 10.8 Å². The van der Waals surface area contributed by atoms with Gasteiger partial charge in [-0.3, -0.25) is 0 Å². The molecule has 0 aliphatic carbocycles. The highest BCUT2D eigenvalue weighted by Gasteiger charge is 2.14. The number of hydrogen-bond acceptors (Lipinski definition) is 0. The third-order valence-electron chi connectivity index (χ3n) is 3.81. The fraction of sp³-hybridized carbons (Fsp3) is 0. The lowest BCUT2D eigenvalue weighted by molar-refractivity contribution is 0.570. The highest BCUT2D eigenvalue weighted by Crippen LogP contribution is 2.33. The van der Waals surface area contributed by atoms with Gasteiger partial charge in [-0.05, 0) is 40.2 Å². The van der Waals surface area contributed by atoms with E-state index in [1.54, 1.807) is 0 Å². The Hall–Kier alpha value is -2.20. The first-order valence-corrected chi connectivity index (χ1v) is 7.59. The molecular formula is C18H10BrF2N. The maximum Gasteiger partial charge on any atom is 0.142 e. The van der Waals surface area contributed by atoms with Gasteiger partial charge in [-0.25, -0.2) is 8.78 Å². The average Bonchev–Trinajstić information content (AvgIpc) is 2.87. The number of benzene rings is 3. The fourth-order valence-corrected chi connectivity index (χ4v) is 3.10. The predicted molar refractivity (Wildman–Crippen MR) is 88.4 cm³/mol. The van der Waals surface area contributed by atoms with E-state index in [2.05, 4.69) is 15.9 Å². The van der Waals surface area contributed by atoms with Crippen LogP contribution in [0.25, 0.3) is 27.5 Å². The Balaban J connectivity index is 2.17. The van der Waals surface area contributed by atoms with E-state index in [0.29, 0.717) is 5.69 Å². The summed E-state index contributed by atoms with van der Waals surface area (Å²) in [5.74, 6) is -1.23. The fourth-order valence-electron chi connectivity index (χ4n) is 2.87. The van der Waals surface area contributed by atoms with Crippen LogP contribution in [0.5, 0.6) is 0 Å². The molecule has 1 heterocycles. The van der Waals surface area contributed by atoms with E-state index < -0.39 is 11.6 Å². The Kier molecular flexibility index (Phi) is 3.01. The van der Waals surface area contributed by atoms with Crippen LogP contribution in [-0.4, -0.2) is 4.57 Å². The van der Waals surface area contributed by atoms with Crippen molar-refractivity contribution in [1.82, 2.24) is 4.57 Å². The summed E-state index contributed by atoms with van der Waals surface area (Å²) >= 11 is 2.92. The third kappa shape index (κ3) is 1.87. The molecule has 0 unspecified atom stereocenters. The molecule has 0 radical (unpaired) electrons. The van der Waals surface area contributed by atoms with Crippen LogP contribution in [0.1, 0.15) is 0 Å². The lowest BCUT2D eigenvalue weighted by Gasteiger charge is -2.09. The number of aromatic nitrogens is 1. The summed E-state index contributed by atoms with van der Waals surface area (Å²) in [5, 5.41) is 2.11. The molecular weight excluding hydrogens is 348 g/mol. The number of halogens is 3. The van der Waals surface area contributed by atoms with Crippen molar-refractivity contribution < 1.29 is 8.78 Å². The summed E-state index contributed by atoms with van der Waals surface area (Å²) in [6, 6.07) is 18.4. The Morgan fingerprint density at radius 1 is 0.727 bits per heavy atom. The molecule has 4 aromatic rings. The molecule has 0 aliphatic heterocycles. The molecule has 0 saturated carbocycles. The van der Waals surface area contributed by atoms with Crippen molar-refractivity contribution in [3.63, 3.8) is 0 Å². The standard InChI is InChI=1S/C18H10BrF2N/c19-18-14(20)9-11(10-15(18)21)22-16-7-3-1-5-12(16)13-6-2-4-8-17(13)22/h1-10H. The topological polar surface area (TPSA) is 4.93 Å². The first-order valence-electron chi connectivity index (χ1n) is 6.80. The molecule has 1 aromatic heterocycles. The van der Waals surface area contributed by atoms with Gasteiger partial charge in [-0.2, -0.15) is 0 Å². The molecule has 0 spiro atoms. The SMILES string of the molecule is Fc1cc(-n2c3ccccc3c3ccccc32)cc(F)c1Br. The summed E-state index contributed by atoms with van der Waals surface area (Å²) < 4.78 is 29.6. The van der Waals surface area contributed by atoms with Gasteiger partial charge in [0.05, 0.1) is 21.2 Å². The van der Waals surface area contributed by atoms with Gasteiger partial charge in [0.2, 0.25) is 0 Å². The van der Waals surface area contributed by atoms with E-state index in [1.807, 2.05) is 53.1 Å². The van der Waals surface area contributed by atoms with Crippen LogP contribution >= 0.6 is 15.9 Å². The Morgan fingerprint density at radius 2 is 1.18 bits per heavy atom. The lowest BCUT2D eigenvalue weighted by Crippen LogP contribution is -1.97. The lowest BCUT2D eigenvalue weighted by atomic mass is 10.2. The minimum Gasteiger partial charge on any atom is -0.309 e. The molecule has 4 heteroatoms. The van der Waals surface area contributed by atoms with E-state index in [-0.39, 0.29) is 4.47 Å². The largest absolute Gasteiger partial charge is 0.309 e. The summed E-state index contributed by atoms with van der Waals surface area (Å²) in [6.45, 7) is 0. The van der Waals surface area contributed by atoms with Crippen LogP contribution < -0.4 is 0 Å². The summed E-state index contributed by atoms with van der Waals surface area (Å²) in [5.41, 5.74) is 2.31. The molecule has 0 atom stereocenters. The number of fused-ring (bicyclic) bond motifs is 3. The van der Waals surface area contributed by atoms with Crippen LogP contribution in [0.3, 0.4) is 0 Å². The maximum absolute atomic E-state index is 13.9. The van der Waals surface area contributed by atoms with E-state index in [4.69, 9.17) is 0 Å². The van der Waals surface area contributed by atoms with E-state index in [0.717, 1.165) is 21.8 Å². The second-order valence-corrected chi connectivity index (χ2v) is 5.89. The predicted octanol–water partition coefficient (Wildman–Crippen LogP) is 5.82. The van der Waals surface area contributed by atoms with Gasteiger partial charge in [-0.1, -0.05) is 36.4 Å². The molecule has 1 nitrogen and oxygen atoms in total. The zero-order valence-corrected chi connectivity index (χ0v) is 12.9. The van der Waals surface area contributed by atoms with Gasteiger partial charge < -0.3 is 4.57 Å². The van der Waals surface area contributed by atoms with Crippen molar-refractivity contribution in [2.24, 2.45) is 0 Å².